The number of aromatic nitrogens is 3. The Kier molecular flexibility index (Phi) is 5.32. The first-order valence-electron chi connectivity index (χ1n) is 8.59. The van der Waals surface area contributed by atoms with E-state index in [1.807, 2.05) is 0 Å². The van der Waals surface area contributed by atoms with Crippen molar-refractivity contribution in [3.05, 3.63) is 71.1 Å². The fourth-order valence-corrected chi connectivity index (χ4v) is 3.48. The van der Waals surface area contributed by atoms with E-state index in [9.17, 15) is 13.6 Å². The van der Waals surface area contributed by atoms with E-state index in [0.717, 1.165) is 11.3 Å². The zero-order chi connectivity index (χ0) is 21.3. The van der Waals surface area contributed by atoms with Gasteiger partial charge in [-0.1, -0.05) is 0 Å². The summed E-state index contributed by atoms with van der Waals surface area (Å²) in [5.74, 6) is -0.491. The molecule has 0 saturated heterocycles. The number of rotatable bonds is 6. The molecule has 0 fully saturated rings. The Bertz CT molecular complexity index is 1230. The maximum absolute atomic E-state index is 12.3. The van der Waals surface area contributed by atoms with Crippen LogP contribution in [0.1, 0.15) is 10.4 Å². The van der Waals surface area contributed by atoms with Crippen molar-refractivity contribution in [2.75, 3.05) is 5.32 Å². The molecule has 4 rings (SSSR count). The molecular weight excluding hydrogens is 462 g/mol. The lowest BCUT2D eigenvalue weighted by molar-refractivity contribution is -0.0498. The van der Waals surface area contributed by atoms with Crippen LogP contribution in [-0.4, -0.2) is 32.1 Å². The molecule has 0 unspecified atom stereocenters. The molecule has 2 aromatic carbocycles. The number of hydrogen-bond acceptors (Lipinski definition) is 5. The van der Waals surface area contributed by atoms with Crippen molar-refractivity contribution in [1.82, 2.24) is 14.4 Å². The molecule has 30 heavy (non-hydrogen) atoms. The summed E-state index contributed by atoms with van der Waals surface area (Å²) >= 11 is 3.25. The van der Waals surface area contributed by atoms with Crippen LogP contribution in [0, 0.1) is 0 Å². The summed E-state index contributed by atoms with van der Waals surface area (Å²) in [5, 5.41) is 12.3. The van der Waals surface area contributed by atoms with Gasteiger partial charge in [0, 0.05) is 28.1 Å². The Labute approximate surface area is 177 Å². The first-order chi connectivity index (χ1) is 14.4. The Hall–Kier alpha value is -3.53. The molecule has 0 aliphatic heterocycles. The minimum Gasteiger partial charge on any atom is -0.478 e. The molecular formula is C20H13BrF2N4O3. The number of halogens is 3. The quantitative estimate of drug-likeness (QED) is 0.399. The zero-order valence-corrected chi connectivity index (χ0v) is 16.7. The number of carbonyl (C=O) groups is 1. The molecule has 152 valence electrons. The molecule has 2 aromatic heterocycles. The number of fused-ring (bicyclic) bond motifs is 1. The summed E-state index contributed by atoms with van der Waals surface area (Å²) < 4.78 is 31.3. The smallest absolute Gasteiger partial charge is 0.387 e. The minimum absolute atomic E-state index is 0.0713. The van der Waals surface area contributed by atoms with E-state index in [4.69, 9.17) is 5.11 Å². The standard InChI is InChI=1S/C20H13BrF2N4O3/c21-15-9-12(3-6-14(15)19(28)29)26-17-18-25-10-16(27(18)8-7-24-17)11-1-4-13(5-2-11)30-20(22)23/h1-10,20H,(H,24,26)(H,28,29). The third-order valence-electron chi connectivity index (χ3n) is 4.27. The van der Waals surface area contributed by atoms with Crippen molar-refractivity contribution in [2.24, 2.45) is 0 Å². The highest BCUT2D eigenvalue weighted by Crippen LogP contribution is 2.28. The van der Waals surface area contributed by atoms with Gasteiger partial charge in [0.05, 0.1) is 17.5 Å². The number of hydrogen-bond donors (Lipinski definition) is 2. The van der Waals surface area contributed by atoms with E-state index in [-0.39, 0.29) is 11.3 Å². The van der Waals surface area contributed by atoms with Gasteiger partial charge in [-0.2, -0.15) is 8.78 Å². The van der Waals surface area contributed by atoms with Crippen LogP contribution >= 0.6 is 15.9 Å². The van der Waals surface area contributed by atoms with Crippen LogP contribution < -0.4 is 10.1 Å². The van der Waals surface area contributed by atoms with Gasteiger partial charge < -0.3 is 15.2 Å². The van der Waals surface area contributed by atoms with Gasteiger partial charge in [0.2, 0.25) is 0 Å². The summed E-state index contributed by atoms with van der Waals surface area (Å²) in [5.41, 5.74) is 2.81. The van der Waals surface area contributed by atoms with Crippen molar-refractivity contribution in [2.45, 2.75) is 6.61 Å². The van der Waals surface area contributed by atoms with Crippen molar-refractivity contribution < 1.29 is 23.4 Å². The highest BCUT2D eigenvalue weighted by Gasteiger charge is 2.13. The lowest BCUT2D eigenvalue weighted by Gasteiger charge is -2.09. The Morgan fingerprint density at radius 3 is 2.60 bits per heavy atom. The minimum atomic E-state index is -2.88. The maximum Gasteiger partial charge on any atom is 0.387 e. The Morgan fingerprint density at radius 1 is 1.17 bits per heavy atom. The van der Waals surface area contributed by atoms with E-state index in [2.05, 4.69) is 36.0 Å². The monoisotopic (exact) mass is 474 g/mol. The summed E-state index contributed by atoms with van der Waals surface area (Å²) in [6.45, 7) is -2.88. The average molecular weight is 475 g/mol. The number of carboxylic acid groups (broad SMARTS) is 1. The summed E-state index contributed by atoms with van der Waals surface area (Å²) in [6, 6.07) is 11.0. The number of imidazole rings is 1. The van der Waals surface area contributed by atoms with E-state index >= 15 is 0 Å². The van der Waals surface area contributed by atoms with Gasteiger partial charge in [-0.25, -0.2) is 14.8 Å². The predicted octanol–water partition coefficient (Wildman–Crippen LogP) is 5.20. The number of alkyl halides is 2. The number of ether oxygens (including phenoxy) is 1. The topological polar surface area (TPSA) is 88.8 Å². The van der Waals surface area contributed by atoms with Crippen molar-refractivity contribution >= 4 is 39.1 Å². The van der Waals surface area contributed by atoms with E-state index in [0.29, 0.717) is 21.6 Å². The largest absolute Gasteiger partial charge is 0.478 e. The fraction of sp³-hybridized carbons (Fsp3) is 0.0500. The van der Waals surface area contributed by atoms with Crippen LogP contribution in [0.3, 0.4) is 0 Å². The average Bonchev–Trinajstić information content (AvgIpc) is 3.13. The lowest BCUT2D eigenvalue weighted by atomic mass is 10.1. The number of benzene rings is 2. The molecule has 4 aromatic rings. The fourth-order valence-electron chi connectivity index (χ4n) is 2.93. The zero-order valence-electron chi connectivity index (χ0n) is 15.1. The highest BCUT2D eigenvalue weighted by molar-refractivity contribution is 9.10. The van der Waals surface area contributed by atoms with Gasteiger partial charge in [0.25, 0.3) is 0 Å². The first kappa shape index (κ1) is 19.8. The van der Waals surface area contributed by atoms with Gasteiger partial charge in [-0.3, -0.25) is 4.40 Å². The molecule has 0 atom stereocenters. The van der Waals surface area contributed by atoms with E-state index in [1.54, 1.807) is 47.3 Å². The number of nitrogens with one attached hydrogen (secondary N) is 1. The number of nitrogens with zero attached hydrogens (tertiary/aromatic N) is 3. The van der Waals surface area contributed by atoms with E-state index in [1.165, 1.54) is 18.2 Å². The first-order valence-corrected chi connectivity index (χ1v) is 9.39. The van der Waals surface area contributed by atoms with Crippen molar-refractivity contribution in [1.29, 1.82) is 0 Å². The Balaban J connectivity index is 1.65. The number of aromatic carboxylic acids is 1. The second-order valence-corrected chi connectivity index (χ2v) is 6.99. The number of anilines is 2. The van der Waals surface area contributed by atoms with Gasteiger partial charge in [-0.05, 0) is 58.4 Å². The van der Waals surface area contributed by atoms with Crippen LogP contribution in [0.4, 0.5) is 20.3 Å². The highest BCUT2D eigenvalue weighted by atomic mass is 79.9. The molecule has 0 radical (unpaired) electrons. The molecule has 10 heteroatoms. The summed E-state index contributed by atoms with van der Waals surface area (Å²) in [6.07, 6.45) is 4.97. The number of carboxylic acids is 1. The van der Waals surface area contributed by atoms with Crippen LogP contribution in [0.15, 0.2) is 65.5 Å². The molecule has 0 bridgehead atoms. The third-order valence-corrected chi connectivity index (χ3v) is 4.92. The van der Waals surface area contributed by atoms with Crippen LogP contribution in [0.5, 0.6) is 5.75 Å². The molecule has 2 heterocycles. The van der Waals surface area contributed by atoms with Gasteiger partial charge in [0.1, 0.15) is 5.75 Å². The molecule has 0 spiro atoms. The SMILES string of the molecule is O=C(O)c1ccc(Nc2nccn3c(-c4ccc(OC(F)F)cc4)cnc23)cc1Br. The lowest BCUT2D eigenvalue weighted by Crippen LogP contribution is -2.02. The molecule has 2 N–H and O–H groups in total. The van der Waals surface area contributed by atoms with Crippen molar-refractivity contribution in [3.63, 3.8) is 0 Å². The Morgan fingerprint density at radius 2 is 1.93 bits per heavy atom. The molecule has 7 nitrogen and oxygen atoms in total. The van der Waals surface area contributed by atoms with Crippen LogP contribution in [0.2, 0.25) is 0 Å². The third kappa shape index (κ3) is 3.94. The van der Waals surface area contributed by atoms with Crippen LogP contribution in [0.25, 0.3) is 16.9 Å². The van der Waals surface area contributed by atoms with E-state index < -0.39 is 12.6 Å². The van der Waals surface area contributed by atoms with Crippen LogP contribution in [-0.2, 0) is 0 Å². The predicted molar refractivity (Wildman–Crippen MR) is 109 cm³/mol. The molecule has 0 saturated carbocycles. The van der Waals surface area contributed by atoms with Gasteiger partial charge >= 0.3 is 12.6 Å². The molecule has 0 aliphatic rings. The summed E-state index contributed by atoms with van der Waals surface area (Å²) in [4.78, 5) is 19.9. The second kappa shape index (κ2) is 8.07. The van der Waals surface area contributed by atoms with Gasteiger partial charge in [0.15, 0.2) is 11.5 Å². The van der Waals surface area contributed by atoms with Crippen molar-refractivity contribution in [3.8, 4) is 17.0 Å². The normalized spacial score (nSPS) is 11.1. The molecule has 0 amide bonds. The second-order valence-electron chi connectivity index (χ2n) is 6.14. The summed E-state index contributed by atoms with van der Waals surface area (Å²) in [7, 11) is 0. The maximum atomic E-state index is 12.3. The molecule has 0 aliphatic carbocycles. The van der Waals surface area contributed by atoms with Gasteiger partial charge in [-0.15, -0.1) is 0 Å².